The quantitative estimate of drug-likeness (QED) is 0.423. The average molecular weight is 391 g/mol. The topological polar surface area (TPSA) is 61.4 Å². The molecule has 0 saturated carbocycles. The van der Waals surface area contributed by atoms with Crippen molar-refractivity contribution in [2.75, 3.05) is 5.32 Å². The van der Waals surface area contributed by atoms with Crippen LogP contribution in [-0.2, 0) is 4.79 Å². The maximum absolute atomic E-state index is 12.1. The van der Waals surface area contributed by atoms with Crippen LogP contribution in [0.1, 0.15) is 30.9 Å². The molecule has 3 rings (SSSR count). The number of rotatable bonds is 4. The van der Waals surface area contributed by atoms with E-state index in [0.29, 0.717) is 5.92 Å². The number of fused-ring (bicyclic) bond motifs is 1. The van der Waals surface area contributed by atoms with E-state index in [1.165, 1.54) is 11.6 Å². The van der Waals surface area contributed by atoms with Gasteiger partial charge in [0, 0.05) is 17.1 Å². The number of anilines is 1. The van der Waals surface area contributed by atoms with Gasteiger partial charge in [-0.25, -0.2) is 0 Å². The molecular weight excluding hydrogens is 368 g/mol. The summed E-state index contributed by atoms with van der Waals surface area (Å²) in [4.78, 5) is 12.1. The molecule has 0 atom stereocenters. The van der Waals surface area contributed by atoms with Crippen LogP contribution in [0.2, 0.25) is 0 Å². The molecule has 0 saturated heterocycles. The highest BCUT2D eigenvalue weighted by Crippen LogP contribution is 2.26. The molecule has 0 aliphatic rings. The SMILES string of the molecule is CC(C)c1ccc(C=CC(=O)NC(=S)Nc2cccc3cc(O)ccc23)cc1. The molecule has 28 heavy (non-hydrogen) atoms. The second-order valence-electron chi connectivity index (χ2n) is 6.81. The summed E-state index contributed by atoms with van der Waals surface area (Å²) in [5, 5.41) is 17.3. The van der Waals surface area contributed by atoms with Gasteiger partial charge in [-0.05, 0) is 65.0 Å². The van der Waals surface area contributed by atoms with Crippen LogP contribution in [0.25, 0.3) is 16.8 Å². The summed E-state index contributed by atoms with van der Waals surface area (Å²) in [6.07, 6.45) is 3.21. The first kappa shape index (κ1) is 19.6. The van der Waals surface area contributed by atoms with E-state index in [9.17, 15) is 9.90 Å². The number of amides is 1. The normalized spacial score (nSPS) is 11.1. The molecule has 0 aromatic heterocycles. The number of nitrogens with one attached hydrogen (secondary N) is 2. The molecule has 0 radical (unpaired) electrons. The fourth-order valence-corrected chi connectivity index (χ4v) is 3.06. The standard InChI is InChI=1S/C23H22N2O2S/c1-15(2)17-9-6-16(7-10-17)8-13-22(27)25-23(28)24-21-5-3-4-18-14-19(26)11-12-20(18)21/h3-15,26H,1-2H3,(H2,24,25,27,28). The lowest BCUT2D eigenvalue weighted by Crippen LogP contribution is -2.32. The van der Waals surface area contributed by atoms with Crippen LogP contribution >= 0.6 is 12.2 Å². The number of thiocarbonyl (C=S) groups is 1. The van der Waals surface area contributed by atoms with Crippen LogP contribution in [-0.4, -0.2) is 16.1 Å². The van der Waals surface area contributed by atoms with Gasteiger partial charge in [-0.3, -0.25) is 10.1 Å². The Balaban J connectivity index is 1.62. The number of aromatic hydroxyl groups is 1. The van der Waals surface area contributed by atoms with Gasteiger partial charge in [0.05, 0.1) is 0 Å². The van der Waals surface area contributed by atoms with Gasteiger partial charge in [0.2, 0.25) is 5.91 Å². The van der Waals surface area contributed by atoms with E-state index in [1.807, 2.05) is 30.3 Å². The third-order valence-electron chi connectivity index (χ3n) is 4.38. The van der Waals surface area contributed by atoms with Crippen molar-refractivity contribution in [3.8, 4) is 5.75 Å². The van der Waals surface area contributed by atoms with Crippen molar-refractivity contribution in [3.63, 3.8) is 0 Å². The predicted octanol–water partition coefficient (Wildman–Crippen LogP) is 5.20. The summed E-state index contributed by atoms with van der Waals surface area (Å²) in [7, 11) is 0. The molecular formula is C23H22N2O2S. The Labute approximate surface area is 169 Å². The highest BCUT2D eigenvalue weighted by molar-refractivity contribution is 7.80. The van der Waals surface area contributed by atoms with Crippen molar-refractivity contribution >= 4 is 45.8 Å². The van der Waals surface area contributed by atoms with Crippen molar-refractivity contribution in [2.45, 2.75) is 19.8 Å². The molecule has 1 amide bonds. The maximum Gasteiger partial charge on any atom is 0.250 e. The summed E-state index contributed by atoms with van der Waals surface area (Å²) in [5.74, 6) is 0.373. The van der Waals surface area contributed by atoms with Crippen molar-refractivity contribution in [1.82, 2.24) is 5.32 Å². The van der Waals surface area contributed by atoms with Crippen molar-refractivity contribution in [1.29, 1.82) is 0 Å². The highest BCUT2D eigenvalue weighted by atomic mass is 32.1. The molecule has 3 N–H and O–H groups in total. The zero-order valence-electron chi connectivity index (χ0n) is 15.8. The van der Waals surface area contributed by atoms with E-state index < -0.39 is 0 Å². The fraction of sp³-hybridized carbons (Fsp3) is 0.130. The molecule has 142 valence electrons. The number of carbonyl (C=O) groups is 1. The Kier molecular flexibility index (Phi) is 6.06. The summed E-state index contributed by atoms with van der Waals surface area (Å²) in [6, 6.07) is 18.8. The Bertz CT molecular complexity index is 1040. The van der Waals surface area contributed by atoms with E-state index in [-0.39, 0.29) is 16.8 Å². The fourth-order valence-electron chi connectivity index (χ4n) is 2.85. The monoisotopic (exact) mass is 390 g/mol. The lowest BCUT2D eigenvalue weighted by atomic mass is 10.0. The number of hydrogen-bond acceptors (Lipinski definition) is 3. The molecule has 0 heterocycles. The zero-order chi connectivity index (χ0) is 20.1. The van der Waals surface area contributed by atoms with Gasteiger partial charge in [0.15, 0.2) is 5.11 Å². The zero-order valence-corrected chi connectivity index (χ0v) is 16.6. The van der Waals surface area contributed by atoms with Crippen molar-refractivity contribution < 1.29 is 9.90 Å². The van der Waals surface area contributed by atoms with E-state index in [0.717, 1.165) is 22.0 Å². The first-order chi connectivity index (χ1) is 13.4. The third-order valence-corrected chi connectivity index (χ3v) is 4.58. The van der Waals surface area contributed by atoms with Gasteiger partial charge in [-0.1, -0.05) is 50.2 Å². The van der Waals surface area contributed by atoms with E-state index >= 15 is 0 Å². The average Bonchev–Trinajstić information content (AvgIpc) is 2.66. The lowest BCUT2D eigenvalue weighted by molar-refractivity contribution is -0.115. The summed E-state index contributed by atoms with van der Waals surface area (Å²) in [6.45, 7) is 4.29. The number of carbonyl (C=O) groups excluding carboxylic acids is 1. The molecule has 0 aliphatic carbocycles. The van der Waals surface area contributed by atoms with Crippen LogP contribution in [0, 0.1) is 0 Å². The van der Waals surface area contributed by atoms with E-state index in [4.69, 9.17) is 12.2 Å². The summed E-state index contributed by atoms with van der Waals surface area (Å²) >= 11 is 5.25. The Morgan fingerprint density at radius 3 is 2.54 bits per heavy atom. The molecule has 0 spiro atoms. The second kappa shape index (κ2) is 8.67. The first-order valence-electron chi connectivity index (χ1n) is 9.04. The van der Waals surface area contributed by atoms with E-state index in [1.54, 1.807) is 24.3 Å². The Hall–Kier alpha value is -3.18. The highest BCUT2D eigenvalue weighted by Gasteiger charge is 2.06. The van der Waals surface area contributed by atoms with Crippen LogP contribution in [0.4, 0.5) is 5.69 Å². The number of hydrogen-bond donors (Lipinski definition) is 3. The molecule has 0 bridgehead atoms. The van der Waals surface area contributed by atoms with Gasteiger partial charge >= 0.3 is 0 Å². The number of phenolic OH excluding ortho intramolecular Hbond substituents is 1. The summed E-state index contributed by atoms with van der Waals surface area (Å²) < 4.78 is 0. The Morgan fingerprint density at radius 1 is 1.07 bits per heavy atom. The molecule has 5 heteroatoms. The van der Waals surface area contributed by atoms with Gasteiger partial charge in [-0.2, -0.15) is 0 Å². The minimum absolute atomic E-state index is 0.201. The van der Waals surface area contributed by atoms with Crippen LogP contribution in [0.15, 0.2) is 66.7 Å². The predicted molar refractivity (Wildman–Crippen MR) is 120 cm³/mol. The molecule has 0 aliphatic heterocycles. The molecule has 3 aromatic carbocycles. The van der Waals surface area contributed by atoms with E-state index in [2.05, 4.69) is 36.6 Å². The number of phenols is 1. The second-order valence-corrected chi connectivity index (χ2v) is 7.22. The van der Waals surface area contributed by atoms with Crippen LogP contribution < -0.4 is 10.6 Å². The van der Waals surface area contributed by atoms with Crippen LogP contribution in [0.3, 0.4) is 0 Å². The smallest absolute Gasteiger partial charge is 0.250 e. The number of benzene rings is 3. The molecule has 4 nitrogen and oxygen atoms in total. The van der Waals surface area contributed by atoms with Crippen molar-refractivity contribution in [2.24, 2.45) is 0 Å². The molecule has 0 fully saturated rings. The minimum atomic E-state index is -0.302. The Morgan fingerprint density at radius 2 is 1.82 bits per heavy atom. The van der Waals surface area contributed by atoms with Gasteiger partial charge in [0.25, 0.3) is 0 Å². The molecule has 3 aromatic rings. The van der Waals surface area contributed by atoms with Gasteiger partial charge in [0.1, 0.15) is 5.75 Å². The van der Waals surface area contributed by atoms with Crippen LogP contribution in [0.5, 0.6) is 5.75 Å². The maximum atomic E-state index is 12.1. The first-order valence-corrected chi connectivity index (χ1v) is 9.45. The largest absolute Gasteiger partial charge is 0.508 e. The molecule has 0 unspecified atom stereocenters. The third kappa shape index (κ3) is 4.96. The van der Waals surface area contributed by atoms with Gasteiger partial charge < -0.3 is 10.4 Å². The minimum Gasteiger partial charge on any atom is -0.508 e. The van der Waals surface area contributed by atoms with Crippen molar-refractivity contribution in [3.05, 3.63) is 77.9 Å². The van der Waals surface area contributed by atoms with Gasteiger partial charge in [-0.15, -0.1) is 0 Å². The summed E-state index contributed by atoms with van der Waals surface area (Å²) in [5.41, 5.74) is 2.97. The lowest BCUT2D eigenvalue weighted by Gasteiger charge is -2.11.